The van der Waals surface area contributed by atoms with Gasteiger partial charge in [-0.25, -0.2) is 4.98 Å². The summed E-state index contributed by atoms with van der Waals surface area (Å²) in [5, 5.41) is 3.27. The van der Waals surface area contributed by atoms with E-state index in [2.05, 4.69) is 37.7 Å². The molecule has 1 N–H and O–H groups in total. The number of aromatic nitrogens is 1. The lowest BCUT2D eigenvalue weighted by Crippen LogP contribution is -2.52. The number of hydrogen-bond donors (Lipinski definition) is 1. The molecule has 1 fully saturated rings. The summed E-state index contributed by atoms with van der Waals surface area (Å²) in [6.45, 7) is 8.29. The maximum Gasteiger partial charge on any atom is 0.194 e. The minimum Gasteiger partial charge on any atom is -0.353 e. The summed E-state index contributed by atoms with van der Waals surface area (Å²) in [7, 11) is 1.82. The van der Waals surface area contributed by atoms with Crippen molar-refractivity contribution in [2.45, 2.75) is 0 Å². The standard InChI is InChI=1S/C14H21N5/c1-3-7-17-14(15-2)19-11-9-18(10-12-19)13-6-4-5-8-16-13/h3-6,8H,1,7,9-12H2,2H3,(H,15,17). The predicted octanol–water partition coefficient (Wildman–Crippen LogP) is 0.965. The second kappa shape index (κ2) is 6.78. The molecule has 0 radical (unpaired) electrons. The summed E-state index contributed by atoms with van der Waals surface area (Å²) in [5.41, 5.74) is 0. The average Bonchev–Trinajstić information content (AvgIpc) is 2.49. The smallest absolute Gasteiger partial charge is 0.194 e. The molecule has 102 valence electrons. The van der Waals surface area contributed by atoms with Gasteiger partial charge in [-0.1, -0.05) is 12.1 Å². The molecule has 2 heterocycles. The molecule has 0 aliphatic carbocycles. The minimum absolute atomic E-state index is 0.743. The summed E-state index contributed by atoms with van der Waals surface area (Å²) in [5.74, 6) is 2.00. The molecular formula is C14H21N5. The first-order valence-electron chi connectivity index (χ1n) is 6.57. The third-order valence-electron chi connectivity index (χ3n) is 3.17. The second-order valence-electron chi connectivity index (χ2n) is 4.38. The fraction of sp³-hybridized carbons (Fsp3) is 0.429. The topological polar surface area (TPSA) is 43.8 Å². The van der Waals surface area contributed by atoms with Crippen LogP contribution in [0.3, 0.4) is 0 Å². The van der Waals surface area contributed by atoms with Gasteiger partial charge < -0.3 is 15.1 Å². The fourth-order valence-electron chi connectivity index (χ4n) is 2.18. The number of pyridine rings is 1. The zero-order chi connectivity index (χ0) is 13.5. The van der Waals surface area contributed by atoms with E-state index in [1.165, 1.54) is 0 Å². The van der Waals surface area contributed by atoms with Crippen LogP contribution in [0.2, 0.25) is 0 Å². The third-order valence-corrected chi connectivity index (χ3v) is 3.17. The summed E-state index contributed by atoms with van der Waals surface area (Å²) in [6.07, 6.45) is 3.68. The van der Waals surface area contributed by atoms with E-state index >= 15 is 0 Å². The van der Waals surface area contributed by atoms with Gasteiger partial charge in [-0.2, -0.15) is 0 Å². The Kier molecular flexibility index (Phi) is 4.78. The number of anilines is 1. The SMILES string of the molecule is C=CCNC(=NC)N1CCN(c2ccccn2)CC1. The van der Waals surface area contributed by atoms with Gasteiger partial charge in [0.15, 0.2) is 5.96 Å². The lowest BCUT2D eigenvalue weighted by molar-refractivity contribution is 0.373. The van der Waals surface area contributed by atoms with E-state index in [0.29, 0.717) is 0 Å². The second-order valence-corrected chi connectivity index (χ2v) is 4.38. The van der Waals surface area contributed by atoms with Crippen LogP contribution in [0.25, 0.3) is 0 Å². The van der Waals surface area contributed by atoms with E-state index in [-0.39, 0.29) is 0 Å². The molecule has 1 saturated heterocycles. The molecule has 0 spiro atoms. The Morgan fingerprint density at radius 1 is 1.42 bits per heavy atom. The summed E-state index contributed by atoms with van der Waals surface area (Å²) in [4.78, 5) is 13.3. The highest BCUT2D eigenvalue weighted by molar-refractivity contribution is 5.80. The Morgan fingerprint density at radius 3 is 2.79 bits per heavy atom. The molecule has 2 rings (SSSR count). The van der Waals surface area contributed by atoms with Crippen molar-refractivity contribution in [2.75, 3.05) is 44.7 Å². The Balaban J connectivity index is 1.90. The van der Waals surface area contributed by atoms with Crippen LogP contribution in [0, 0.1) is 0 Å². The van der Waals surface area contributed by atoms with Gasteiger partial charge in [-0.15, -0.1) is 6.58 Å². The van der Waals surface area contributed by atoms with E-state index < -0.39 is 0 Å². The van der Waals surface area contributed by atoms with Gasteiger partial charge in [0.05, 0.1) is 0 Å². The van der Waals surface area contributed by atoms with Gasteiger partial charge in [0.2, 0.25) is 0 Å². The molecule has 1 aromatic heterocycles. The van der Waals surface area contributed by atoms with Crippen molar-refractivity contribution in [3.63, 3.8) is 0 Å². The Labute approximate surface area is 114 Å². The van der Waals surface area contributed by atoms with Crippen molar-refractivity contribution < 1.29 is 0 Å². The zero-order valence-electron chi connectivity index (χ0n) is 11.4. The van der Waals surface area contributed by atoms with Crippen LogP contribution < -0.4 is 10.2 Å². The number of guanidine groups is 1. The number of piperazine rings is 1. The molecule has 1 aromatic rings. The van der Waals surface area contributed by atoms with Gasteiger partial charge in [0.1, 0.15) is 5.82 Å². The average molecular weight is 259 g/mol. The first-order valence-corrected chi connectivity index (χ1v) is 6.57. The maximum atomic E-state index is 4.39. The Bertz CT molecular complexity index is 421. The van der Waals surface area contributed by atoms with E-state index in [1.807, 2.05) is 31.5 Å². The van der Waals surface area contributed by atoms with Crippen molar-refractivity contribution in [1.82, 2.24) is 15.2 Å². The molecule has 0 atom stereocenters. The zero-order valence-corrected chi connectivity index (χ0v) is 11.4. The molecule has 5 heteroatoms. The van der Waals surface area contributed by atoms with Crippen LogP contribution in [0.5, 0.6) is 0 Å². The molecule has 19 heavy (non-hydrogen) atoms. The lowest BCUT2D eigenvalue weighted by atomic mass is 10.3. The van der Waals surface area contributed by atoms with Crippen LogP contribution in [-0.2, 0) is 0 Å². The highest BCUT2D eigenvalue weighted by Crippen LogP contribution is 2.12. The number of nitrogens with zero attached hydrogens (tertiary/aromatic N) is 4. The molecule has 1 aliphatic rings. The van der Waals surface area contributed by atoms with Crippen molar-refractivity contribution in [3.05, 3.63) is 37.1 Å². The van der Waals surface area contributed by atoms with E-state index in [0.717, 1.165) is 44.5 Å². The van der Waals surface area contributed by atoms with E-state index in [9.17, 15) is 0 Å². The Hall–Kier alpha value is -2.04. The van der Waals surface area contributed by atoms with E-state index in [1.54, 1.807) is 0 Å². The molecule has 5 nitrogen and oxygen atoms in total. The van der Waals surface area contributed by atoms with E-state index in [4.69, 9.17) is 0 Å². The first-order chi connectivity index (χ1) is 9.35. The number of nitrogens with one attached hydrogen (secondary N) is 1. The van der Waals surface area contributed by atoms with Crippen LogP contribution >= 0.6 is 0 Å². The van der Waals surface area contributed by atoms with Crippen LogP contribution in [0.1, 0.15) is 0 Å². The number of aliphatic imine (C=N–C) groups is 1. The summed E-state index contributed by atoms with van der Waals surface area (Å²) in [6, 6.07) is 6.03. The highest BCUT2D eigenvalue weighted by atomic mass is 15.4. The van der Waals surface area contributed by atoms with Crippen LogP contribution in [0.15, 0.2) is 42.0 Å². The fourth-order valence-corrected chi connectivity index (χ4v) is 2.18. The van der Waals surface area contributed by atoms with Gasteiger partial charge >= 0.3 is 0 Å². The third kappa shape index (κ3) is 3.47. The van der Waals surface area contributed by atoms with Gasteiger partial charge in [-0.3, -0.25) is 4.99 Å². The number of hydrogen-bond acceptors (Lipinski definition) is 3. The quantitative estimate of drug-likeness (QED) is 0.499. The van der Waals surface area contributed by atoms with Crippen LogP contribution in [-0.4, -0.2) is 55.6 Å². The maximum absolute atomic E-state index is 4.39. The molecular weight excluding hydrogens is 238 g/mol. The normalized spacial score (nSPS) is 16.4. The minimum atomic E-state index is 0.743. The monoisotopic (exact) mass is 259 g/mol. The van der Waals surface area contributed by atoms with Crippen molar-refractivity contribution in [2.24, 2.45) is 4.99 Å². The van der Waals surface area contributed by atoms with Gasteiger partial charge in [0.25, 0.3) is 0 Å². The molecule has 1 aliphatic heterocycles. The lowest BCUT2D eigenvalue weighted by Gasteiger charge is -2.37. The van der Waals surface area contributed by atoms with Gasteiger partial charge in [0, 0.05) is 46.0 Å². The largest absolute Gasteiger partial charge is 0.353 e. The number of rotatable bonds is 3. The summed E-state index contributed by atoms with van der Waals surface area (Å²) < 4.78 is 0. The predicted molar refractivity (Wildman–Crippen MR) is 79.6 cm³/mol. The molecule has 0 aromatic carbocycles. The molecule has 0 saturated carbocycles. The van der Waals surface area contributed by atoms with Crippen molar-refractivity contribution in [1.29, 1.82) is 0 Å². The van der Waals surface area contributed by atoms with Crippen LogP contribution in [0.4, 0.5) is 5.82 Å². The van der Waals surface area contributed by atoms with Crippen molar-refractivity contribution in [3.8, 4) is 0 Å². The molecule has 0 unspecified atom stereocenters. The molecule has 0 amide bonds. The summed E-state index contributed by atoms with van der Waals surface area (Å²) >= 11 is 0. The Morgan fingerprint density at radius 2 is 2.21 bits per heavy atom. The highest BCUT2D eigenvalue weighted by Gasteiger charge is 2.19. The van der Waals surface area contributed by atoms with Gasteiger partial charge in [-0.05, 0) is 12.1 Å². The first kappa shape index (κ1) is 13.4. The molecule has 0 bridgehead atoms. The van der Waals surface area contributed by atoms with Crippen molar-refractivity contribution >= 4 is 11.8 Å².